The lowest BCUT2D eigenvalue weighted by molar-refractivity contribution is 0.213. The Morgan fingerprint density at radius 2 is 2.03 bits per heavy atom. The number of thiazole rings is 1. The van der Waals surface area contributed by atoms with Gasteiger partial charge in [-0.1, -0.05) is 40.2 Å². The number of halogens is 1. The monoisotopic (exact) mass is 459 g/mol. The Morgan fingerprint density at radius 1 is 1.20 bits per heavy atom. The van der Waals surface area contributed by atoms with Crippen molar-refractivity contribution in [3.63, 3.8) is 0 Å². The van der Waals surface area contributed by atoms with Gasteiger partial charge in [0.1, 0.15) is 29.8 Å². The predicted molar refractivity (Wildman–Crippen MR) is 122 cm³/mol. The molecule has 154 valence electrons. The highest BCUT2D eigenvalue weighted by atomic mass is 35.5. The number of benzene rings is 1. The van der Waals surface area contributed by atoms with Crippen molar-refractivity contribution in [3.05, 3.63) is 57.6 Å². The molecule has 0 aliphatic heterocycles. The molecule has 0 saturated heterocycles. The Hall–Kier alpha value is -2.75. The van der Waals surface area contributed by atoms with Gasteiger partial charge in [0.25, 0.3) is 5.19 Å². The predicted octanol–water partition coefficient (Wildman–Crippen LogP) is 5.62. The molecule has 0 aliphatic rings. The van der Waals surface area contributed by atoms with E-state index in [-0.39, 0.29) is 0 Å². The molecule has 0 fully saturated rings. The van der Waals surface area contributed by atoms with Crippen molar-refractivity contribution in [2.24, 2.45) is 5.16 Å². The molecule has 7 nitrogen and oxygen atoms in total. The number of ether oxygens (including phenoxy) is 1. The summed E-state index contributed by atoms with van der Waals surface area (Å²) in [6.45, 7) is 2.59. The first kappa shape index (κ1) is 20.5. The number of thiophene rings is 1. The Bertz CT molecular complexity index is 1170. The molecule has 4 rings (SSSR count). The standard InChI is InChI=1S/C20H18ClN5O2S2/c1-12(26-27-2)16-9-23-20(30-16)28-14-5-3-13(4-6-14)7-8-22-18-17-15(21)10-29-19(17)25-11-24-18/h3-6,9-11H,7-8H2,1-2H3,(H,22,24,25). The smallest absolute Gasteiger partial charge is 0.279 e. The highest BCUT2D eigenvalue weighted by Crippen LogP contribution is 2.32. The molecule has 30 heavy (non-hydrogen) atoms. The maximum atomic E-state index is 6.25. The molecule has 0 bridgehead atoms. The molecule has 4 aromatic rings. The number of aromatic nitrogens is 3. The number of rotatable bonds is 8. The average Bonchev–Trinajstić information content (AvgIpc) is 3.37. The number of oxime groups is 1. The van der Waals surface area contributed by atoms with Crippen LogP contribution in [0.3, 0.4) is 0 Å². The van der Waals surface area contributed by atoms with Crippen LogP contribution in [0.4, 0.5) is 5.82 Å². The first-order chi connectivity index (χ1) is 14.6. The third-order valence-corrected chi connectivity index (χ3v) is 6.53. The van der Waals surface area contributed by atoms with Gasteiger partial charge in [-0.3, -0.25) is 0 Å². The minimum atomic E-state index is 0.561. The van der Waals surface area contributed by atoms with Gasteiger partial charge in [0, 0.05) is 11.9 Å². The third-order valence-electron chi connectivity index (χ3n) is 4.23. The second-order valence-electron chi connectivity index (χ2n) is 6.26. The Kier molecular flexibility index (Phi) is 6.41. The van der Waals surface area contributed by atoms with Gasteiger partial charge in [0.2, 0.25) is 0 Å². The number of nitrogens with zero attached hydrogens (tertiary/aromatic N) is 4. The summed E-state index contributed by atoms with van der Waals surface area (Å²) in [4.78, 5) is 19.4. The van der Waals surface area contributed by atoms with Crippen molar-refractivity contribution >= 4 is 56.0 Å². The van der Waals surface area contributed by atoms with E-state index < -0.39 is 0 Å². The summed E-state index contributed by atoms with van der Waals surface area (Å²) in [5.41, 5.74) is 1.94. The minimum absolute atomic E-state index is 0.561. The Labute approximate surface area is 186 Å². The summed E-state index contributed by atoms with van der Waals surface area (Å²) in [5, 5.41) is 11.2. The molecular weight excluding hydrogens is 442 g/mol. The zero-order valence-electron chi connectivity index (χ0n) is 16.3. The van der Waals surface area contributed by atoms with Crippen LogP contribution in [-0.4, -0.2) is 34.3 Å². The lowest BCUT2D eigenvalue weighted by Crippen LogP contribution is -2.06. The maximum absolute atomic E-state index is 6.25. The fraction of sp³-hybridized carbons (Fsp3) is 0.200. The molecule has 3 aromatic heterocycles. The summed E-state index contributed by atoms with van der Waals surface area (Å²) >= 11 is 9.18. The number of fused-ring (bicyclic) bond motifs is 1. The topological polar surface area (TPSA) is 81.5 Å². The number of hydrogen-bond donors (Lipinski definition) is 1. The van der Waals surface area contributed by atoms with Gasteiger partial charge in [-0.2, -0.15) is 0 Å². The van der Waals surface area contributed by atoms with Crippen LogP contribution in [0, 0.1) is 0 Å². The van der Waals surface area contributed by atoms with E-state index >= 15 is 0 Å². The maximum Gasteiger partial charge on any atom is 0.279 e. The second-order valence-corrected chi connectivity index (χ2v) is 8.52. The first-order valence-corrected chi connectivity index (χ1v) is 11.1. The summed E-state index contributed by atoms with van der Waals surface area (Å²) in [6.07, 6.45) is 4.11. The van der Waals surface area contributed by atoms with Crippen LogP contribution in [-0.2, 0) is 11.3 Å². The van der Waals surface area contributed by atoms with Crippen LogP contribution < -0.4 is 10.1 Å². The molecular formula is C20H18ClN5O2S2. The van der Waals surface area contributed by atoms with Gasteiger partial charge < -0.3 is 14.9 Å². The highest BCUT2D eigenvalue weighted by Gasteiger charge is 2.10. The molecule has 1 N–H and O–H groups in total. The van der Waals surface area contributed by atoms with E-state index in [0.717, 1.165) is 45.3 Å². The summed E-state index contributed by atoms with van der Waals surface area (Å²) < 4.78 is 5.83. The first-order valence-electron chi connectivity index (χ1n) is 9.06. The van der Waals surface area contributed by atoms with Crippen molar-refractivity contribution in [1.82, 2.24) is 15.0 Å². The van der Waals surface area contributed by atoms with Crippen LogP contribution in [0.1, 0.15) is 17.4 Å². The van der Waals surface area contributed by atoms with Gasteiger partial charge in [-0.05, 0) is 31.0 Å². The van der Waals surface area contributed by atoms with Crippen LogP contribution >= 0.6 is 34.3 Å². The Balaban J connectivity index is 1.34. The van der Waals surface area contributed by atoms with Crippen LogP contribution in [0.15, 0.2) is 47.3 Å². The van der Waals surface area contributed by atoms with Crippen molar-refractivity contribution in [3.8, 4) is 10.9 Å². The third kappa shape index (κ3) is 4.69. The molecule has 0 saturated carbocycles. The quantitative estimate of drug-likeness (QED) is 0.272. The zero-order valence-corrected chi connectivity index (χ0v) is 18.6. The normalized spacial score (nSPS) is 11.6. The minimum Gasteiger partial charge on any atom is -0.431 e. The number of nitrogens with one attached hydrogen (secondary N) is 1. The summed E-state index contributed by atoms with van der Waals surface area (Å²) in [6, 6.07) is 7.95. The SMILES string of the molecule is CON=C(C)c1cnc(Oc2ccc(CCNc3ncnc4scc(Cl)c34)cc2)s1. The van der Waals surface area contributed by atoms with E-state index in [2.05, 4.69) is 25.4 Å². The van der Waals surface area contributed by atoms with E-state index in [0.29, 0.717) is 10.2 Å². The van der Waals surface area contributed by atoms with Gasteiger partial charge in [0.05, 0.1) is 27.2 Å². The molecule has 0 amide bonds. The van der Waals surface area contributed by atoms with Gasteiger partial charge in [-0.15, -0.1) is 11.3 Å². The van der Waals surface area contributed by atoms with E-state index in [1.54, 1.807) is 12.5 Å². The fourth-order valence-electron chi connectivity index (χ4n) is 2.78. The molecule has 0 aliphatic carbocycles. The second kappa shape index (κ2) is 9.38. The van der Waals surface area contributed by atoms with Gasteiger partial charge >= 0.3 is 0 Å². The molecule has 0 spiro atoms. The Morgan fingerprint density at radius 3 is 2.83 bits per heavy atom. The van der Waals surface area contributed by atoms with E-state index in [1.807, 2.05) is 36.6 Å². The molecule has 0 unspecified atom stereocenters. The van der Waals surface area contributed by atoms with E-state index in [4.69, 9.17) is 21.2 Å². The van der Waals surface area contributed by atoms with Crippen molar-refractivity contribution in [2.45, 2.75) is 13.3 Å². The van der Waals surface area contributed by atoms with Crippen LogP contribution in [0.25, 0.3) is 10.2 Å². The van der Waals surface area contributed by atoms with Gasteiger partial charge in [0.15, 0.2) is 0 Å². The van der Waals surface area contributed by atoms with Crippen LogP contribution in [0.5, 0.6) is 10.9 Å². The zero-order chi connectivity index (χ0) is 20.9. The van der Waals surface area contributed by atoms with Gasteiger partial charge in [-0.25, -0.2) is 15.0 Å². The summed E-state index contributed by atoms with van der Waals surface area (Å²) in [5.74, 6) is 1.49. The number of anilines is 1. The largest absolute Gasteiger partial charge is 0.431 e. The molecule has 1 aromatic carbocycles. The highest BCUT2D eigenvalue weighted by molar-refractivity contribution is 7.17. The molecule has 10 heteroatoms. The lowest BCUT2D eigenvalue weighted by Gasteiger charge is -2.08. The molecule has 3 heterocycles. The van der Waals surface area contributed by atoms with E-state index in [9.17, 15) is 0 Å². The molecule has 0 radical (unpaired) electrons. The van der Waals surface area contributed by atoms with E-state index in [1.165, 1.54) is 35.3 Å². The summed E-state index contributed by atoms with van der Waals surface area (Å²) in [7, 11) is 1.52. The van der Waals surface area contributed by atoms with Crippen molar-refractivity contribution in [2.75, 3.05) is 19.0 Å². The number of hydrogen-bond acceptors (Lipinski definition) is 9. The molecule has 0 atom stereocenters. The average molecular weight is 460 g/mol. The van der Waals surface area contributed by atoms with Crippen LogP contribution in [0.2, 0.25) is 5.02 Å². The van der Waals surface area contributed by atoms with Crippen molar-refractivity contribution < 1.29 is 9.57 Å². The fourth-order valence-corrected chi connectivity index (χ4v) is 4.64. The lowest BCUT2D eigenvalue weighted by atomic mass is 10.1. The van der Waals surface area contributed by atoms with Crippen molar-refractivity contribution in [1.29, 1.82) is 0 Å².